The number of nitrogens with two attached hydrogens (primary N) is 1. The second-order valence-corrected chi connectivity index (χ2v) is 4.74. The molecule has 1 amide bonds. The fourth-order valence-corrected chi connectivity index (χ4v) is 1.67. The van der Waals surface area contributed by atoms with Crippen LogP contribution in [0, 0.1) is 12.8 Å². The van der Waals surface area contributed by atoms with Crippen LogP contribution >= 0.6 is 0 Å². The number of amides is 1. The molecule has 0 fully saturated rings. The molecule has 0 aliphatic heterocycles. The van der Waals surface area contributed by atoms with Crippen LogP contribution in [-0.4, -0.2) is 23.0 Å². The van der Waals surface area contributed by atoms with Gasteiger partial charge in [-0.1, -0.05) is 26.3 Å². The molecule has 2 atom stereocenters. The highest BCUT2D eigenvalue weighted by Gasteiger charge is 2.19. The van der Waals surface area contributed by atoms with Crippen molar-refractivity contribution in [3.05, 3.63) is 29.3 Å². The lowest BCUT2D eigenvalue weighted by molar-refractivity contribution is -0.118. The van der Waals surface area contributed by atoms with Gasteiger partial charge in [0.15, 0.2) is 0 Å². The lowest BCUT2D eigenvalue weighted by atomic mass is 9.99. The van der Waals surface area contributed by atoms with Crippen molar-refractivity contribution in [1.82, 2.24) is 0 Å². The van der Waals surface area contributed by atoms with E-state index in [1.54, 1.807) is 19.1 Å². The van der Waals surface area contributed by atoms with Crippen molar-refractivity contribution in [1.29, 1.82) is 0 Å². The number of carboxylic acid groups (broad SMARTS) is 1. The monoisotopic (exact) mass is 264 g/mol. The van der Waals surface area contributed by atoms with E-state index in [2.05, 4.69) is 5.32 Å². The van der Waals surface area contributed by atoms with Gasteiger partial charge in [-0.05, 0) is 30.5 Å². The quantitative estimate of drug-likeness (QED) is 0.758. The van der Waals surface area contributed by atoms with Gasteiger partial charge in [-0.15, -0.1) is 0 Å². The third kappa shape index (κ3) is 3.79. The van der Waals surface area contributed by atoms with Gasteiger partial charge in [0.05, 0.1) is 11.6 Å². The number of anilines is 1. The van der Waals surface area contributed by atoms with Gasteiger partial charge in [0.2, 0.25) is 5.91 Å². The van der Waals surface area contributed by atoms with E-state index in [9.17, 15) is 9.59 Å². The summed E-state index contributed by atoms with van der Waals surface area (Å²) in [4.78, 5) is 22.9. The Morgan fingerprint density at radius 3 is 2.58 bits per heavy atom. The molecule has 0 aromatic heterocycles. The molecule has 0 saturated carbocycles. The minimum Gasteiger partial charge on any atom is -0.478 e. The van der Waals surface area contributed by atoms with Crippen molar-refractivity contribution < 1.29 is 14.7 Å². The Balaban J connectivity index is 2.86. The standard InChI is InChI=1S/C14H20N2O3/c1-4-8(2)12(15)13(17)16-10-6-5-9(3)11(7-10)14(18)19/h5-8,12H,4,15H2,1-3H3,(H,16,17)(H,18,19). The van der Waals surface area contributed by atoms with E-state index in [-0.39, 0.29) is 17.4 Å². The number of benzene rings is 1. The minimum atomic E-state index is -1.01. The molecule has 0 radical (unpaired) electrons. The van der Waals surface area contributed by atoms with E-state index in [1.165, 1.54) is 6.07 Å². The molecular weight excluding hydrogens is 244 g/mol. The van der Waals surface area contributed by atoms with Crippen LogP contribution in [0.5, 0.6) is 0 Å². The first-order valence-electron chi connectivity index (χ1n) is 6.27. The molecule has 5 nitrogen and oxygen atoms in total. The summed E-state index contributed by atoms with van der Waals surface area (Å²) in [7, 11) is 0. The molecule has 2 unspecified atom stereocenters. The number of hydrogen-bond acceptors (Lipinski definition) is 3. The maximum atomic E-state index is 11.9. The zero-order valence-electron chi connectivity index (χ0n) is 11.4. The van der Waals surface area contributed by atoms with Crippen LogP contribution in [0.3, 0.4) is 0 Å². The van der Waals surface area contributed by atoms with E-state index >= 15 is 0 Å². The van der Waals surface area contributed by atoms with Gasteiger partial charge in [0, 0.05) is 5.69 Å². The van der Waals surface area contributed by atoms with Crippen LogP contribution in [0.15, 0.2) is 18.2 Å². The van der Waals surface area contributed by atoms with Crippen LogP contribution in [0.25, 0.3) is 0 Å². The Bertz CT molecular complexity index is 486. The summed E-state index contributed by atoms with van der Waals surface area (Å²) >= 11 is 0. The average Bonchev–Trinajstić information content (AvgIpc) is 2.38. The lowest BCUT2D eigenvalue weighted by Gasteiger charge is -2.18. The third-order valence-corrected chi connectivity index (χ3v) is 3.30. The van der Waals surface area contributed by atoms with Crippen molar-refractivity contribution in [3.8, 4) is 0 Å². The summed E-state index contributed by atoms with van der Waals surface area (Å²) < 4.78 is 0. The number of aromatic carboxylic acids is 1. The molecule has 5 heteroatoms. The van der Waals surface area contributed by atoms with Gasteiger partial charge >= 0.3 is 5.97 Å². The molecule has 19 heavy (non-hydrogen) atoms. The summed E-state index contributed by atoms with van der Waals surface area (Å²) in [6, 6.07) is 4.18. The molecule has 1 aromatic carbocycles. The molecule has 104 valence electrons. The maximum absolute atomic E-state index is 11.9. The average molecular weight is 264 g/mol. The Morgan fingerprint density at radius 1 is 1.42 bits per heavy atom. The number of carboxylic acids is 1. The lowest BCUT2D eigenvalue weighted by Crippen LogP contribution is -2.40. The van der Waals surface area contributed by atoms with Crippen molar-refractivity contribution in [3.63, 3.8) is 0 Å². The number of aryl methyl sites for hydroxylation is 1. The van der Waals surface area contributed by atoms with Gasteiger partial charge in [-0.2, -0.15) is 0 Å². The maximum Gasteiger partial charge on any atom is 0.336 e. The van der Waals surface area contributed by atoms with Gasteiger partial charge in [-0.25, -0.2) is 4.79 Å². The molecule has 1 rings (SSSR count). The highest BCUT2D eigenvalue weighted by Crippen LogP contribution is 2.16. The van der Waals surface area contributed by atoms with Crippen molar-refractivity contribution in [2.45, 2.75) is 33.2 Å². The Morgan fingerprint density at radius 2 is 2.05 bits per heavy atom. The molecule has 0 heterocycles. The van der Waals surface area contributed by atoms with Crippen molar-refractivity contribution >= 4 is 17.6 Å². The fraction of sp³-hybridized carbons (Fsp3) is 0.429. The summed E-state index contributed by atoms with van der Waals surface area (Å²) in [6.45, 7) is 5.58. The van der Waals surface area contributed by atoms with Gasteiger partial charge in [0.25, 0.3) is 0 Å². The Kier molecular flexibility index (Phi) is 5.06. The molecule has 1 aromatic rings. The van der Waals surface area contributed by atoms with E-state index in [4.69, 9.17) is 10.8 Å². The highest BCUT2D eigenvalue weighted by molar-refractivity contribution is 5.97. The van der Waals surface area contributed by atoms with E-state index in [1.807, 2.05) is 13.8 Å². The first-order chi connectivity index (χ1) is 8.86. The second kappa shape index (κ2) is 6.33. The largest absolute Gasteiger partial charge is 0.478 e. The second-order valence-electron chi connectivity index (χ2n) is 4.74. The first kappa shape index (κ1) is 15.2. The number of nitrogens with one attached hydrogen (secondary N) is 1. The summed E-state index contributed by atoms with van der Waals surface area (Å²) in [5.74, 6) is -1.24. The van der Waals surface area contributed by atoms with Gasteiger partial charge in [0.1, 0.15) is 0 Å². The Labute approximate surface area is 112 Å². The topological polar surface area (TPSA) is 92.4 Å². The van der Waals surface area contributed by atoms with Crippen LogP contribution in [0.4, 0.5) is 5.69 Å². The molecule has 4 N–H and O–H groups in total. The molecule has 0 bridgehead atoms. The number of hydrogen-bond donors (Lipinski definition) is 3. The van der Waals surface area contributed by atoms with E-state index < -0.39 is 12.0 Å². The van der Waals surface area contributed by atoms with Crippen LogP contribution < -0.4 is 11.1 Å². The predicted octanol–water partition coefficient (Wildman–Crippen LogP) is 2.01. The van der Waals surface area contributed by atoms with Gasteiger partial charge in [-0.3, -0.25) is 4.79 Å². The SMILES string of the molecule is CCC(C)C(N)C(=O)Nc1ccc(C)c(C(=O)O)c1. The molecule has 0 spiro atoms. The van der Waals surface area contributed by atoms with Crippen molar-refractivity contribution in [2.24, 2.45) is 11.7 Å². The summed E-state index contributed by atoms with van der Waals surface area (Å²) in [6.07, 6.45) is 0.808. The highest BCUT2D eigenvalue weighted by atomic mass is 16.4. The smallest absolute Gasteiger partial charge is 0.336 e. The first-order valence-corrected chi connectivity index (χ1v) is 6.27. The number of carbonyl (C=O) groups excluding carboxylic acids is 1. The van der Waals surface area contributed by atoms with Gasteiger partial charge < -0.3 is 16.2 Å². The van der Waals surface area contributed by atoms with E-state index in [0.29, 0.717) is 11.3 Å². The van der Waals surface area contributed by atoms with E-state index in [0.717, 1.165) is 6.42 Å². The van der Waals surface area contributed by atoms with Crippen LogP contribution in [-0.2, 0) is 4.79 Å². The summed E-state index contributed by atoms with van der Waals surface area (Å²) in [5, 5.41) is 11.7. The number of rotatable bonds is 5. The zero-order chi connectivity index (χ0) is 14.6. The van der Waals surface area contributed by atoms with Crippen molar-refractivity contribution in [2.75, 3.05) is 5.32 Å². The fourth-order valence-electron chi connectivity index (χ4n) is 1.67. The van der Waals surface area contributed by atoms with Crippen LogP contribution in [0.1, 0.15) is 36.2 Å². The predicted molar refractivity (Wildman–Crippen MR) is 74.2 cm³/mol. The normalized spacial score (nSPS) is 13.7. The molecule has 0 saturated heterocycles. The minimum absolute atomic E-state index is 0.0735. The summed E-state index contributed by atoms with van der Waals surface area (Å²) in [5.41, 5.74) is 7.09. The third-order valence-electron chi connectivity index (χ3n) is 3.30. The Hall–Kier alpha value is -1.88. The van der Waals surface area contributed by atoms with Crippen LogP contribution in [0.2, 0.25) is 0 Å². The molecule has 0 aliphatic rings. The number of carbonyl (C=O) groups is 2. The molecule has 0 aliphatic carbocycles. The zero-order valence-corrected chi connectivity index (χ0v) is 11.4. The molecular formula is C14H20N2O3.